The van der Waals surface area contributed by atoms with Crippen LogP contribution in [0.25, 0.3) is 0 Å². The second-order valence-corrected chi connectivity index (χ2v) is 4.73. The van der Waals surface area contributed by atoms with E-state index in [1.54, 1.807) is 19.1 Å². The summed E-state index contributed by atoms with van der Waals surface area (Å²) in [5.41, 5.74) is 2.38. The lowest BCUT2D eigenvalue weighted by atomic mass is 10.1. The Bertz CT molecular complexity index is 652. The highest BCUT2D eigenvalue weighted by Crippen LogP contribution is 2.08. The number of pyridine rings is 1. The van der Waals surface area contributed by atoms with E-state index in [4.69, 9.17) is 0 Å². The summed E-state index contributed by atoms with van der Waals surface area (Å²) < 4.78 is 0. The first kappa shape index (κ1) is 14.7. The average molecular weight is 288 g/mol. The minimum atomic E-state index is -1.10. The molecule has 0 bridgehead atoms. The Balaban J connectivity index is 2.12. The number of imidazole rings is 1. The molecular weight excluding hydrogens is 272 g/mol. The molecule has 2 heterocycles. The summed E-state index contributed by atoms with van der Waals surface area (Å²) in [5.74, 6) is -1.55. The van der Waals surface area contributed by atoms with Crippen LogP contribution in [0.15, 0.2) is 24.7 Å². The molecule has 0 radical (unpaired) electrons. The fraction of sp³-hybridized carbons (Fsp3) is 0.286. The SMILES string of the molecule is Cc1ccc(C(=O)N[C@H](Cc2cnc[nH]2)C(=O)O)c(C)n1. The van der Waals surface area contributed by atoms with Gasteiger partial charge in [-0.25, -0.2) is 9.78 Å². The standard InChI is InChI=1S/C14H16N4O3/c1-8-3-4-11(9(2)17-8)13(19)18-12(14(20)21)5-10-6-15-7-16-10/h3-4,6-7,12H,5H2,1-2H3,(H,15,16)(H,18,19)(H,20,21)/t12-/m1/s1. The van der Waals surface area contributed by atoms with Gasteiger partial charge in [0, 0.05) is 24.0 Å². The molecule has 1 atom stereocenters. The summed E-state index contributed by atoms with van der Waals surface area (Å²) in [5, 5.41) is 11.7. The van der Waals surface area contributed by atoms with Crippen LogP contribution in [0.1, 0.15) is 27.4 Å². The molecule has 0 spiro atoms. The Kier molecular flexibility index (Phi) is 4.32. The van der Waals surface area contributed by atoms with Crippen LogP contribution in [0, 0.1) is 13.8 Å². The number of hydrogen-bond donors (Lipinski definition) is 3. The Morgan fingerprint density at radius 3 is 2.71 bits per heavy atom. The number of rotatable bonds is 5. The normalized spacial score (nSPS) is 11.9. The van der Waals surface area contributed by atoms with Crippen LogP contribution in [0.5, 0.6) is 0 Å². The fourth-order valence-corrected chi connectivity index (χ4v) is 1.98. The number of carboxylic acid groups (broad SMARTS) is 1. The minimum absolute atomic E-state index is 0.138. The first-order valence-electron chi connectivity index (χ1n) is 6.42. The number of aliphatic carboxylic acids is 1. The molecule has 0 aromatic carbocycles. The summed E-state index contributed by atoms with van der Waals surface area (Å²) in [6, 6.07) is 2.33. The maximum Gasteiger partial charge on any atom is 0.326 e. The van der Waals surface area contributed by atoms with Crippen molar-refractivity contribution >= 4 is 11.9 Å². The van der Waals surface area contributed by atoms with E-state index in [1.807, 2.05) is 6.92 Å². The minimum Gasteiger partial charge on any atom is -0.480 e. The third kappa shape index (κ3) is 3.65. The van der Waals surface area contributed by atoms with E-state index in [1.165, 1.54) is 12.5 Å². The van der Waals surface area contributed by atoms with E-state index in [-0.39, 0.29) is 6.42 Å². The van der Waals surface area contributed by atoms with Crippen molar-refractivity contribution in [1.82, 2.24) is 20.3 Å². The molecule has 0 aliphatic heterocycles. The third-order valence-electron chi connectivity index (χ3n) is 3.05. The van der Waals surface area contributed by atoms with Gasteiger partial charge in [-0.2, -0.15) is 0 Å². The van der Waals surface area contributed by atoms with Crippen molar-refractivity contribution in [2.75, 3.05) is 0 Å². The van der Waals surface area contributed by atoms with Crippen LogP contribution in [0.4, 0.5) is 0 Å². The molecule has 110 valence electrons. The van der Waals surface area contributed by atoms with Gasteiger partial charge < -0.3 is 15.4 Å². The van der Waals surface area contributed by atoms with E-state index in [2.05, 4.69) is 20.3 Å². The first-order valence-corrected chi connectivity index (χ1v) is 6.42. The zero-order chi connectivity index (χ0) is 15.4. The van der Waals surface area contributed by atoms with Gasteiger partial charge in [-0.3, -0.25) is 9.78 Å². The summed E-state index contributed by atoms with van der Waals surface area (Å²) in [6.07, 6.45) is 3.13. The molecule has 3 N–H and O–H groups in total. The number of nitrogens with zero attached hydrogens (tertiary/aromatic N) is 2. The monoisotopic (exact) mass is 288 g/mol. The molecule has 0 fully saturated rings. The summed E-state index contributed by atoms with van der Waals surface area (Å²) in [6.45, 7) is 3.54. The molecule has 0 unspecified atom stereocenters. The van der Waals surface area contributed by atoms with Crippen LogP contribution in [0.2, 0.25) is 0 Å². The van der Waals surface area contributed by atoms with Crippen LogP contribution < -0.4 is 5.32 Å². The smallest absolute Gasteiger partial charge is 0.326 e. The second-order valence-electron chi connectivity index (χ2n) is 4.73. The molecule has 2 aromatic heterocycles. The van der Waals surface area contributed by atoms with Gasteiger partial charge in [0.2, 0.25) is 0 Å². The zero-order valence-corrected chi connectivity index (χ0v) is 11.8. The molecule has 0 saturated carbocycles. The van der Waals surface area contributed by atoms with Gasteiger partial charge in [0.15, 0.2) is 0 Å². The maximum absolute atomic E-state index is 12.2. The van der Waals surface area contributed by atoms with Crippen molar-refractivity contribution in [3.05, 3.63) is 47.3 Å². The Morgan fingerprint density at radius 1 is 1.38 bits per heavy atom. The van der Waals surface area contributed by atoms with Gasteiger partial charge >= 0.3 is 5.97 Å². The quantitative estimate of drug-likeness (QED) is 0.755. The average Bonchev–Trinajstić information content (AvgIpc) is 2.90. The number of carboxylic acids is 1. The first-order chi connectivity index (χ1) is 9.97. The Labute approximate surface area is 121 Å². The Morgan fingerprint density at radius 2 is 2.14 bits per heavy atom. The van der Waals surface area contributed by atoms with E-state index in [9.17, 15) is 14.7 Å². The second kappa shape index (κ2) is 6.17. The van der Waals surface area contributed by atoms with Gasteiger partial charge in [0.1, 0.15) is 6.04 Å². The van der Waals surface area contributed by atoms with Crippen LogP contribution in [-0.4, -0.2) is 38.0 Å². The number of amides is 1. The topological polar surface area (TPSA) is 108 Å². The van der Waals surface area contributed by atoms with Gasteiger partial charge in [0.25, 0.3) is 5.91 Å². The van der Waals surface area contributed by atoms with E-state index in [0.717, 1.165) is 5.69 Å². The molecule has 21 heavy (non-hydrogen) atoms. The lowest BCUT2D eigenvalue weighted by Crippen LogP contribution is -2.42. The summed E-state index contributed by atoms with van der Waals surface area (Å²) >= 11 is 0. The number of hydrogen-bond acceptors (Lipinski definition) is 4. The van der Waals surface area contributed by atoms with Gasteiger partial charge in [-0.15, -0.1) is 0 Å². The molecule has 1 amide bonds. The molecule has 0 aliphatic rings. The predicted octanol–water partition coefficient (Wildman–Crippen LogP) is 0.847. The lowest BCUT2D eigenvalue weighted by Gasteiger charge is -2.14. The molecule has 2 rings (SSSR count). The number of nitrogens with one attached hydrogen (secondary N) is 2. The lowest BCUT2D eigenvalue weighted by molar-refractivity contribution is -0.139. The van der Waals surface area contributed by atoms with Crippen molar-refractivity contribution < 1.29 is 14.7 Å². The number of aromatic nitrogens is 3. The largest absolute Gasteiger partial charge is 0.480 e. The highest BCUT2D eigenvalue weighted by Gasteiger charge is 2.22. The summed E-state index contributed by atoms with van der Waals surface area (Å²) in [7, 11) is 0. The van der Waals surface area contributed by atoms with E-state index in [0.29, 0.717) is 17.0 Å². The van der Waals surface area contributed by atoms with E-state index < -0.39 is 17.9 Å². The zero-order valence-electron chi connectivity index (χ0n) is 11.8. The van der Waals surface area contributed by atoms with E-state index >= 15 is 0 Å². The molecule has 0 aliphatic carbocycles. The summed E-state index contributed by atoms with van der Waals surface area (Å²) in [4.78, 5) is 34.3. The van der Waals surface area contributed by atoms with Crippen LogP contribution in [-0.2, 0) is 11.2 Å². The van der Waals surface area contributed by atoms with Gasteiger partial charge in [0.05, 0.1) is 17.6 Å². The molecule has 0 saturated heterocycles. The number of carbonyl (C=O) groups is 2. The molecule has 7 heteroatoms. The number of H-pyrrole nitrogens is 1. The van der Waals surface area contributed by atoms with Crippen LogP contribution in [0.3, 0.4) is 0 Å². The highest BCUT2D eigenvalue weighted by molar-refractivity contribution is 5.97. The van der Waals surface area contributed by atoms with Crippen LogP contribution >= 0.6 is 0 Å². The molecule has 7 nitrogen and oxygen atoms in total. The fourth-order valence-electron chi connectivity index (χ4n) is 1.98. The molecular formula is C14H16N4O3. The Hall–Kier alpha value is -2.70. The highest BCUT2D eigenvalue weighted by atomic mass is 16.4. The number of aromatic amines is 1. The van der Waals surface area contributed by atoms with Crippen molar-refractivity contribution in [2.45, 2.75) is 26.3 Å². The van der Waals surface area contributed by atoms with Crippen molar-refractivity contribution in [3.63, 3.8) is 0 Å². The van der Waals surface area contributed by atoms with Crippen molar-refractivity contribution in [2.24, 2.45) is 0 Å². The van der Waals surface area contributed by atoms with Crippen molar-refractivity contribution in [1.29, 1.82) is 0 Å². The van der Waals surface area contributed by atoms with Crippen molar-refractivity contribution in [3.8, 4) is 0 Å². The predicted molar refractivity (Wildman–Crippen MR) is 74.9 cm³/mol. The third-order valence-corrected chi connectivity index (χ3v) is 3.05. The number of aryl methyl sites for hydroxylation is 2. The molecule has 2 aromatic rings. The number of carbonyl (C=O) groups excluding carboxylic acids is 1. The van der Waals surface area contributed by atoms with Gasteiger partial charge in [-0.05, 0) is 26.0 Å². The maximum atomic E-state index is 12.2. The van der Waals surface area contributed by atoms with Gasteiger partial charge in [-0.1, -0.05) is 0 Å².